The Morgan fingerprint density at radius 3 is 1.39 bits per heavy atom. The summed E-state index contributed by atoms with van der Waals surface area (Å²) in [5.41, 5.74) is 14.0. The smallest absolute Gasteiger partial charge is 0.180 e. The number of rotatable bonds is 5. The molecule has 3 aliphatic rings. The molecule has 1 aliphatic carbocycles. The van der Waals surface area contributed by atoms with E-state index >= 15 is 0 Å². The van der Waals surface area contributed by atoms with Crippen molar-refractivity contribution in [1.82, 2.24) is 0 Å². The average Bonchev–Trinajstić information content (AvgIpc) is 3.64. The molecule has 8 aromatic rings. The summed E-state index contributed by atoms with van der Waals surface area (Å²) >= 11 is 0. The predicted molar refractivity (Wildman–Crippen MR) is 215 cm³/mol. The molecule has 1 nitrogen and oxygen atoms in total. The highest BCUT2D eigenvalue weighted by molar-refractivity contribution is 7.22. The third kappa shape index (κ3) is 3.55. The molecule has 0 radical (unpaired) electrons. The normalized spacial score (nSPS) is 14.9. The lowest BCUT2D eigenvalue weighted by Crippen LogP contribution is -2.72. The van der Waals surface area contributed by atoms with E-state index in [-0.39, 0.29) is 0 Å². The molecule has 11 rings (SSSR count). The Kier molecular flexibility index (Phi) is 5.97. The third-order valence-corrected chi connectivity index (χ3v) is 16.6. The number of nitrogens with zero attached hydrogens (tertiary/aromatic N) is 1. The van der Waals surface area contributed by atoms with Gasteiger partial charge in [-0.1, -0.05) is 176 Å². The van der Waals surface area contributed by atoms with E-state index in [0.717, 1.165) is 0 Å². The van der Waals surface area contributed by atoms with Crippen LogP contribution in [0.15, 0.2) is 200 Å². The minimum Gasteiger partial charge on any atom is -0.309 e. The van der Waals surface area contributed by atoms with E-state index in [9.17, 15) is 0 Å². The summed E-state index contributed by atoms with van der Waals surface area (Å²) in [5.74, 6) is 0. The van der Waals surface area contributed by atoms with Crippen LogP contribution in [0.25, 0.3) is 22.3 Å². The van der Waals surface area contributed by atoms with Crippen molar-refractivity contribution in [3.8, 4) is 22.3 Å². The van der Waals surface area contributed by atoms with E-state index in [2.05, 4.69) is 205 Å². The molecule has 51 heavy (non-hydrogen) atoms. The number of hydrogen-bond acceptors (Lipinski definition) is 1. The molecular formula is C49H33NSi. The standard InChI is InChI=1S/C49H33NSi/c1-6-18-34(19-7-1)49(35-20-8-2-9-21-35)39-28-16-29-41-45(39)46-40(49)32-33-44-48(46)47-42(50(41)36-22-10-3-11-23-36)30-17-31-43(47)51(44,37-24-12-4-13-25-37)38-26-14-5-15-27-38/h1-33H. The van der Waals surface area contributed by atoms with Crippen molar-refractivity contribution in [2.75, 3.05) is 4.90 Å². The molecule has 0 bridgehead atoms. The summed E-state index contributed by atoms with van der Waals surface area (Å²) < 4.78 is 0. The number of para-hydroxylation sites is 1. The van der Waals surface area contributed by atoms with Gasteiger partial charge in [-0.3, -0.25) is 0 Å². The van der Waals surface area contributed by atoms with Gasteiger partial charge < -0.3 is 4.90 Å². The van der Waals surface area contributed by atoms with Gasteiger partial charge in [0.15, 0.2) is 8.07 Å². The van der Waals surface area contributed by atoms with Crippen molar-refractivity contribution < 1.29 is 0 Å². The van der Waals surface area contributed by atoms with Gasteiger partial charge in [-0.2, -0.15) is 0 Å². The maximum absolute atomic E-state index is 2.75. The third-order valence-electron chi connectivity index (χ3n) is 11.7. The van der Waals surface area contributed by atoms with Gasteiger partial charge >= 0.3 is 0 Å². The first kappa shape index (κ1) is 28.6. The van der Waals surface area contributed by atoms with Crippen molar-refractivity contribution >= 4 is 45.9 Å². The molecule has 238 valence electrons. The number of benzene rings is 8. The fourth-order valence-electron chi connectivity index (χ4n) is 9.96. The first-order valence-corrected chi connectivity index (χ1v) is 19.9. The monoisotopic (exact) mass is 663 g/mol. The highest BCUT2D eigenvalue weighted by atomic mass is 28.3. The molecule has 0 saturated heterocycles. The molecule has 0 unspecified atom stereocenters. The van der Waals surface area contributed by atoms with Gasteiger partial charge in [0.25, 0.3) is 0 Å². The first-order valence-electron chi connectivity index (χ1n) is 17.9. The zero-order valence-electron chi connectivity index (χ0n) is 28.0. The van der Waals surface area contributed by atoms with E-state index < -0.39 is 13.5 Å². The Morgan fingerprint density at radius 1 is 0.333 bits per heavy atom. The molecule has 0 atom stereocenters. The van der Waals surface area contributed by atoms with Crippen molar-refractivity contribution in [3.63, 3.8) is 0 Å². The van der Waals surface area contributed by atoms with Crippen LogP contribution in [0.4, 0.5) is 17.1 Å². The van der Waals surface area contributed by atoms with Gasteiger partial charge in [0.1, 0.15) is 0 Å². The Labute approximate surface area is 299 Å². The molecule has 2 heterocycles. The fourth-order valence-corrected chi connectivity index (χ4v) is 15.1. The van der Waals surface area contributed by atoms with Crippen molar-refractivity contribution in [2.24, 2.45) is 0 Å². The number of hydrogen-bond donors (Lipinski definition) is 0. The van der Waals surface area contributed by atoms with E-state index in [4.69, 9.17) is 0 Å². The first-order chi connectivity index (χ1) is 25.3. The Balaban J connectivity index is 1.39. The predicted octanol–water partition coefficient (Wildman–Crippen LogP) is 9.19. The molecule has 0 amide bonds. The number of anilines is 3. The molecule has 0 aromatic heterocycles. The van der Waals surface area contributed by atoms with Crippen LogP contribution in [0.1, 0.15) is 22.3 Å². The fraction of sp³-hybridized carbons (Fsp3) is 0.0204. The van der Waals surface area contributed by atoms with Crippen LogP contribution in [0.2, 0.25) is 0 Å². The van der Waals surface area contributed by atoms with E-state index in [1.54, 1.807) is 0 Å². The lowest BCUT2D eigenvalue weighted by Gasteiger charge is -2.35. The lowest BCUT2D eigenvalue weighted by molar-refractivity contribution is 0.768. The topological polar surface area (TPSA) is 3.24 Å². The Morgan fingerprint density at radius 2 is 0.804 bits per heavy atom. The molecule has 2 aliphatic heterocycles. The van der Waals surface area contributed by atoms with Crippen molar-refractivity contribution in [2.45, 2.75) is 5.41 Å². The quantitative estimate of drug-likeness (QED) is 0.166. The largest absolute Gasteiger partial charge is 0.309 e. The van der Waals surface area contributed by atoms with Crippen LogP contribution < -0.4 is 25.6 Å². The summed E-state index contributed by atoms with van der Waals surface area (Å²) in [5, 5.41) is 5.79. The zero-order chi connectivity index (χ0) is 33.6. The van der Waals surface area contributed by atoms with Gasteiger partial charge in [0.05, 0.1) is 16.8 Å². The van der Waals surface area contributed by atoms with Crippen molar-refractivity contribution in [3.05, 3.63) is 222 Å². The molecule has 0 spiro atoms. The van der Waals surface area contributed by atoms with Crippen LogP contribution >= 0.6 is 0 Å². The second-order valence-electron chi connectivity index (χ2n) is 13.9. The van der Waals surface area contributed by atoms with Crippen molar-refractivity contribution in [1.29, 1.82) is 0 Å². The summed E-state index contributed by atoms with van der Waals surface area (Å²) in [6, 6.07) is 75.4. The van der Waals surface area contributed by atoms with Crippen LogP contribution in [-0.2, 0) is 5.41 Å². The molecule has 0 fully saturated rings. The molecule has 0 N–H and O–H groups in total. The second kappa shape index (κ2) is 10.6. The summed E-state index contributed by atoms with van der Waals surface area (Å²) in [7, 11) is -2.75. The summed E-state index contributed by atoms with van der Waals surface area (Å²) in [4.78, 5) is 2.55. The Bertz CT molecular complexity index is 2370. The van der Waals surface area contributed by atoms with Gasteiger partial charge in [0.2, 0.25) is 0 Å². The molecule has 0 saturated carbocycles. The lowest BCUT2D eigenvalue weighted by atomic mass is 9.67. The minimum atomic E-state index is -2.75. The van der Waals surface area contributed by atoms with Crippen LogP contribution in [0.3, 0.4) is 0 Å². The zero-order valence-corrected chi connectivity index (χ0v) is 29.0. The maximum Gasteiger partial charge on any atom is 0.180 e. The maximum atomic E-state index is 2.55. The highest BCUT2D eigenvalue weighted by Crippen LogP contribution is 2.64. The van der Waals surface area contributed by atoms with E-state index in [1.807, 2.05) is 0 Å². The average molecular weight is 664 g/mol. The molecular weight excluding hydrogens is 631 g/mol. The SMILES string of the molecule is c1ccc(N2c3cccc4c3-c3c(ccc5c3-c3c2cccc3[Si]5(c2ccccc2)c2ccccc2)C4(c2ccccc2)c2ccccc2)cc1. The molecule has 8 aromatic carbocycles. The van der Waals surface area contributed by atoms with Crippen LogP contribution in [0.5, 0.6) is 0 Å². The minimum absolute atomic E-state index is 0.487. The van der Waals surface area contributed by atoms with Crippen LogP contribution in [-0.4, -0.2) is 8.07 Å². The van der Waals surface area contributed by atoms with Gasteiger partial charge in [-0.25, -0.2) is 0 Å². The summed E-state index contributed by atoms with van der Waals surface area (Å²) in [6.07, 6.45) is 0. The van der Waals surface area contributed by atoms with Crippen LogP contribution in [0, 0.1) is 0 Å². The highest BCUT2D eigenvalue weighted by Gasteiger charge is 2.56. The molecule has 2 heteroatoms. The van der Waals surface area contributed by atoms with Gasteiger partial charge in [0, 0.05) is 16.8 Å². The van der Waals surface area contributed by atoms with Gasteiger partial charge in [-0.15, -0.1) is 0 Å². The summed E-state index contributed by atoms with van der Waals surface area (Å²) in [6.45, 7) is 0. The Hall–Kier alpha value is -6.22. The van der Waals surface area contributed by atoms with E-state index in [1.165, 1.54) is 82.3 Å². The van der Waals surface area contributed by atoms with E-state index in [0.29, 0.717) is 0 Å². The van der Waals surface area contributed by atoms with Gasteiger partial charge in [-0.05, 0) is 78.4 Å². The second-order valence-corrected chi connectivity index (χ2v) is 17.7.